The first-order valence-electron chi connectivity index (χ1n) is 7.27. The molecule has 0 aliphatic carbocycles. The third-order valence-corrected chi connectivity index (χ3v) is 3.99. The molecule has 1 aromatic carbocycles. The summed E-state index contributed by atoms with van der Waals surface area (Å²) in [6.07, 6.45) is 0.860. The van der Waals surface area contributed by atoms with Crippen molar-refractivity contribution in [3.63, 3.8) is 0 Å². The zero-order valence-corrected chi connectivity index (χ0v) is 12.2. The molecule has 0 bridgehead atoms. The standard InChI is InChI=1S/C15H22BNO3/c1-3-20-15(18)14-11-17(16(2)19)10-9-13(14)12-7-5-4-6-8-12/h4-8,13-14,19H,3,9-11H2,1-2H3/t13-,14-/m0/s1. The van der Waals surface area contributed by atoms with Crippen molar-refractivity contribution >= 4 is 13.0 Å². The van der Waals surface area contributed by atoms with Crippen LogP contribution in [0.1, 0.15) is 24.8 Å². The van der Waals surface area contributed by atoms with E-state index in [1.807, 2.05) is 29.9 Å². The molecule has 108 valence electrons. The zero-order chi connectivity index (χ0) is 14.5. The maximum atomic E-state index is 12.2. The fourth-order valence-electron chi connectivity index (χ4n) is 2.90. The smallest absolute Gasteiger partial charge is 0.376 e. The second-order valence-corrected chi connectivity index (χ2v) is 5.29. The lowest BCUT2D eigenvalue weighted by Gasteiger charge is -2.38. The Hall–Kier alpha value is -1.33. The van der Waals surface area contributed by atoms with E-state index in [2.05, 4.69) is 12.1 Å². The molecule has 5 heteroatoms. The van der Waals surface area contributed by atoms with Crippen LogP contribution in [-0.2, 0) is 9.53 Å². The van der Waals surface area contributed by atoms with Crippen LogP contribution in [0, 0.1) is 5.92 Å². The van der Waals surface area contributed by atoms with E-state index in [4.69, 9.17) is 4.74 Å². The van der Waals surface area contributed by atoms with Crippen molar-refractivity contribution in [2.45, 2.75) is 26.1 Å². The molecular formula is C15H22BNO3. The van der Waals surface area contributed by atoms with Crippen LogP contribution < -0.4 is 0 Å². The summed E-state index contributed by atoms with van der Waals surface area (Å²) in [6.45, 7) is 5.31. The molecule has 2 atom stereocenters. The fraction of sp³-hybridized carbons (Fsp3) is 0.533. The first kappa shape index (κ1) is 15.1. The molecule has 1 saturated heterocycles. The molecule has 1 fully saturated rings. The van der Waals surface area contributed by atoms with E-state index in [9.17, 15) is 9.82 Å². The number of carbonyl (C=O) groups is 1. The highest BCUT2D eigenvalue weighted by atomic mass is 16.5. The Balaban J connectivity index is 2.19. The zero-order valence-electron chi connectivity index (χ0n) is 12.2. The predicted molar refractivity (Wildman–Crippen MR) is 79.3 cm³/mol. The molecule has 1 aliphatic rings. The van der Waals surface area contributed by atoms with E-state index in [0.717, 1.165) is 13.0 Å². The summed E-state index contributed by atoms with van der Waals surface area (Å²) in [4.78, 5) is 14.2. The highest BCUT2D eigenvalue weighted by Gasteiger charge is 2.37. The molecule has 2 rings (SSSR count). The number of rotatable bonds is 4. The molecular weight excluding hydrogens is 253 g/mol. The van der Waals surface area contributed by atoms with Gasteiger partial charge in [-0.15, -0.1) is 0 Å². The molecule has 1 N–H and O–H groups in total. The lowest BCUT2D eigenvalue weighted by atomic mass is 9.74. The van der Waals surface area contributed by atoms with Gasteiger partial charge in [0.05, 0.1) is 12.5 Å². The topological polar surface area (TPSA) is 49.8 Å². The SMILES string of the molecule is CCOC(=O)[C@H]1CN(B(C)O)CC[C@H]1c1ccccc1. The maximum absolute atomic E-state index is 12.2. The molecule has 1 heterocycles. The van der Waals surface area contributed by atoms with Gasteiger partial charge in [0.1, 0.15) is 0 Å². The summed E-state index contributed by atoms with van der Waals surface area (Å²) in [7, 11) is -0.524. The number of nitrogens with zero attached hydrogens (tertiary/aromatic N) is 1. The Morgan fingerprint density at radius 2 is 2.15 bits per heavy atom. The normalized spacial score (nSPS) is 23.4. The maximum Gasteiger partial charge on any atom is 0.376 e. The number of ether oxygens (including phenoxy) is 1. The molecule has 0 saturated carbocycles. The van der Waals surface area contributed by atoms with Gasteiger partial charge in [0, 0.05) is 6.54 Å². The minimum Gasteiger partial charge on any atom is -0.466 e. The van der Waals surface area contributed by atoms with Crippen LogP contribution in [-0.4, -0.2) is 42.6 Å². The summed E-state index contributed by atoms with van der Waals surface area (Å²) in [5.41, 5.74) is 1.18. The molecule has 1 aromatic rings. The van der Waals surface area contributed by atoms with Gasteiger partial charge in [-0.1, -0.05) is 30.3 Å². The average molecular weight is 275 g/mol. The van der Waals surface area contributed by atoms with Gasteiger partial charge in [-0.05, 0) is 38.2 Å². The Morgan fingerprint density at radius 1 is 1.45 bits per heavy atom. The number of carbonyl (C=O) groups excluding carboxylic acids is 1. The van der Waals surface area contributed by atoms with Crippen LogP contribution in [0.15, 0.2) is 30.3 Å². The summed E-state index contributed by atoms with van der Waals surface area (Å²) in [5.74, 6) is -0.197. The van der Waals surface area contributed by atoms with Crippen molar-refractivity contribution in [2.75, 3.05) is 19.7 Å². The molecule has 20 heavy (non-hydrogen) atoms. The van der Waals surface area contributed by atoms with E-state index >= 15 is 0 Å². The van der Waals surface area contributed by atoms with Gasteiger partial charge in [-0.25, -0.2) is 0 Å². The Labute approximate surface area is 120 Å². The molecule has 0 unspecified atom stereocenters. The second-order valence-electron chi connectivity index (χ2n) is 5.29. The largest absolute Gasteiger partial charge is 0.466 e. The van der Waals surface area contributed by atoms with Crippen molar-refractivity contribution in [1.29, 1.82) is 0 Å². The van der Waals surface area contributed by atoms with Crippen molar-refractivity contribution < 1.29 is 14.6 Å². The van der Waals surface area contributed by atoms with E-state index < -0.39 is 7.05 Å². The van der Waals surface area contributed by atoms with Crippen LogP contribution in [0.25, 0.3) is 0 Å². The fourth-order valence-corrected chi connectivity index (χ4v) is 2.90. The van der Waals surface area contributed by atoms with Crippen LogP contribution in [0.5, 0.6) is 0 Å². The van der Waals surface area contributed by atoms with Gasteiger partial charge < -0.3 is 14.6 Å². The van der Waals surface area contributed by atoms with Crippen molar-refractivity contribution in [3.8, 4) is 0 Å². The third-order valence-electron chi connectivity index (χ3n) is 3.99. The summed E-state index contributed by atoms with van der Waals surface area (Å²) in [5, 5.41) is 9.74. The second kappa shape index (κ2) is 6.91. The minimum absolute atomic E-state index is 0.160. The Morgan fingerprint density at radius 3 is 2.75 bits per heavy atom. The Kier molecular flexibility index (Phi) is 5.20. The monoisotopic (exact) mass is 275 g/mol. The lowest BCUT2D eigenvalue weighted by Crippen LogP contribution is -2.49. The number of piperidine rings is 1. The third kappa shape index (κ3) is 3.41. The van der Waals surface area contributed by atoms with Crippen LogP contribution in [0.2, 0.25) is 6.82 Å². The van der Waals surface area contributed by atoms with Crippen LogP contribution in [0.4, 0.5) is 0 Å². The quantitative estimate of drug-likeness (QED) is 0.672. The first-order valence-corrected chi connectivity index (χ1v) is 7.27. The first-order chi connectivity index (χ1) is 9.63. The van der Waals surface area contributed by atoms with Crippen LogP contribution in [0.3, 0.4) is 0 Å². The molecule has 0 amide bonds. The lowest BCUT2D eigenvalue weighted by molar-refractivity contribution is -0.150. The number of esters is 1. The van der Waals surface area contributed by atoms with Gasteiger partial charge in [-0.2, -0.15) is 0 Å². The van der Waals surface area contributed by atoms with Gasteiger partial charge in [-0.3, -0.25) is 4.79 Å². The summed E-state index contributed by atoms with van der Waals surface area (Å²) >= 11 is 0. The number of hydrogen-bond acceptors (Lipinski definition) is 4. The van der Waals surface area contributed by atoms with Gasteiger partial charge >= 0.3 is 13.0 Å². The van der Waals surface area contributed by atoms with Crippen molar-refractivity contribution in [1.82, 2.24) is 4.81 Å². The average Bonchev–Trinajstić information content (AvgIpc) is 2.47. The molecule has 4 nitrogen and oxygen atoms in total. The van der Waals surface area contributed by atoms with E-state index in [0.29, 0.717) is 13.2 Å². The van der Waals surface area contributed by atoms with E-state index in [1.165, 1.54) is 5.56 Å². The minimum atomic E-state index is -0.524. The predicted octanol–water partition coefficient (Wildman–Crippen LogP) is 1.77. The van der Waals surface area contributed by atoms with Crippen LogP contribution >= 0.6 is 0 Å². The van der Waals surface area contributed by atoms with Gasteiger partial charge in [0.25, 0.3) is 0 Å². The van der Waals surface area contributed by atoms with E-state index in [1.54, 1.807) is 6.82 Å². The molecule has 0 radical (unpaired) electrons. The number of benzene rings is 1. The number of hydrogen-bond donors (Lipinski definition) is 1. The van der Waals surface area contributed by atoms with Gasteiger partial charge in [0.15, 0.2) is 0 Å². The molecule has 0 spiro atoms. The van der Waals surface area contributed by atoms with Gasteiger partial charge in [0.2, 0.25) is 0 Å². The summed E-state index contributed by atoms with van der Waals surface area (Å²) < 4.78 is 5.21. The Bertz CT molecular complexity index is 438. The molecule has 0 aromatic heterocycles. The van der Waals surface area contributed by atoms with Crippen molar-refractivity contribution in [3.05, 3.63) is 35.9 Å². The molecule has 1 aliphatic heterocycles. The van der Waals surface area contributed by atoms with Crippen molar-refractivity contribution in [2.24, 2.45) is 5.92 Å². The highest BCUT2D eigenvalue weighted by Crippen LogP contribution is 2.34. The summed E-state index contributed by atoms with van der Waals surface area (Å²) in [6, 6.07) is 10.1. The highest BCUT2D eigenvalue weighted by molar-refractivity contribution is 6.45. The van der Waals surface area contributed by atoms with E-state index in [-0.39, 0.29) is 17.8 Å².